The molecule has 2 rings (SSSR count). The molecule has 15 heavy (non-hydrogen) atoms. The van der Waals surface area contributed by atoms with E-state index in [0.717, 1.165) is 39.0 Å². The van der Waals surface area contributed by atoms with Crippen molar-refractivity contribution < 1.29 is 9.13 Å². The number of rotatable bonds is 3. The average Bonchev–Trinajstić information content (AvgIpc) is 2.29. The van der Waals surface area contributed by atoms with Crippen molar-refractivity contribution >= 4 is 0 Å². The van der Waals surface area contributed by atoms with E-state index in [2.05, 4.69) is 10.6 Å². The monoisotopic (exact) mass is 216 g/mol. The van der Waals surface area contributed by atoms with Crippen LogP contribution < -0.4 is 10.6 Å². The Morgan fingerprint density at radius 2 is 2.40 bits per heavy atom. The molecular weight excluding hydrogens is 195 g/mol. The highest BCUT2D eigenvalue weighted by atomic mass is 19.1. The van der Waals surface area contributed by atoms with Crippen LogP contribution in [0.1, 0.15) is 25.7 Å². The number of hydrogen-bond acceptors (Lipinski definition) is 3. The highest BCUT2D eigenvalue weighted by molar-refractivity contribution is 4.89. The lowest BCUT2D eigenvalue weighted by Crippen LogP contribution is -2.51. The molecule has 0 aromatic carbocycles. The summed E-state index contributed by atoms with van der Waals surface area (Å²) in [4.78, 5) is 0. The first-order valence-electron chi connectivity index (χ1n) is 5.99. The zero-order valence-corrected chi connectivity index (χ0v) is 9.23. The third-order valence-corrected chi connectivity index (χ3v) is 3.29. The minimum Gasteiger partial charge on any atom is -0.380 e. The van der Waals surface area contributed by atoms with Crippen molar-refractivity contribution in [3.63, 3.8) is 0 Å². The molecule has 0 aromatic rings. The second kappa shape index (κ2) is 5.23. The van der Waals surface area contributed by atoms with Crippen molar-refractivity contribution in [2.75, 3.05) is 32.8 Å². The minimum atomic E-state index is -1.05. The van der Waals surface area contributed by atoms with Crippen LogP contribution in [0, 0.1) is 0 Å². The molecule has 2 unspecified atom stereocenters. The smallest absolute Gasteiger partial charge is 0.135 e. The standard InChI is InChI=1S/C11H21FN2O/c12-11(4-2-5-13-8-11)9-14-10-3-1-6-15-7-10/h10,13-14H,1-9H2. The summed E-state index contributed by atoms with van der Waals surface area (Å²) in [5.41, 5.74) is -1.05. The molecule has 2 aliphatic rings. The van der Waals surface area contributed by atoms with Crippen molar-refractivity contribution in [3.8, 4) is 0 Å². The molecule has 0 saturated carbocycles. The maximum absolute atomic E-state index is 14.2. The van der Waals surface area contributed by atoms with Gasteiger partial charge in [-0.25, -0.2) is 4.39 Å². The summed E-state index contributed by atoms with van der Waals surface area (Å²) in [5.74, 6) is 0. The Balaban J connectivity index is 1.70. The second-order valence-electron chi connectivity index (χ2n) is 4.73. The topological polar surface area (TPSA) is 33.3 Å². The molecule has 2 heterocycles. The third-order valence-electron chi connectivity index (χ3n) is 3.29. The molecule has 88 valence electrons. The molecule has 2 aliphatic heterocycles. The fraction of sp³-hybridized carbons (Fsp3) is 1.00. The summed E-state index contributed by atoms with van der Waals surface area (Å²) in [7, 11) is 0. The van der Waals surface area contributed by atoms with Crippen molar-refractivity contribution in [1.29, 1.82) is 0 Å². The molecular formula is C11H21FN2O. The Morgan fingerprint density at radius 3 is 3.07 bits per heavy atom. The predicted molar refractivity (Wildman–Crippen MR) is 57.8 cm³/mol. The minimum absolute atomic E-state index is 0.355. The zero-order chi connectivity index (χ0) is 10.6. The van der Waals surface area contributed by atoms with Crippen LogP contribution >= 0.6 is 0 Å². The molecule has 0 spiro atoms. The van der Waals surface area contributed by atoms with Gasteiger partial charge in [0, 0.05) is 25.7 Å². The van der Waals surface area contributed by atoms with Crippen LogP contribution in [0.4, 0.5) is 4.39 Å². The van der Waals surface area contributed by atoms with Gasteiger partial charge in [0.05, 0.1) is 6.61 Å². The van der Waals surface area contributed by atoms with Crippen LogP contribution in [0.25, 0.3) is 0 Å². The molecule has 4 heteroatoms. The van der Waals surface area contributed by atoms with Gasteiger partial charge in [-0.3, -0.25) is 0 Å². The molecule has 0 amide bonds. The lowest BCUT2D eigenvalue weighted by molar-refractivity contribution is 0.0561. The van der Waals surface area contributed by atoms with E-state index in [4.69, 9.17) is 4.74 Å². The number of piperidine rings is 1. The normalized spacial score (nSPS) is 37.8. The van der Waals surface area contributed by atoms with Gasteiger partial charge in [-0.15, -0.1) is 0 Å². The summed E-state index contributed by atoms with van der Waals surface area (Å²) in [5, 5.41) is 6.41. The van der Waals surface area contributed by atoms with Gasteiger partial charge in [0.25, 0.3) is 0 Å². The summed E-state index contributed by atoms with van der Waals surface area (Å²) in [6.07, 6.45) is 3.83. The zero-order valence-electron chi connectivity index (χ0n) is 9.23. The Bertz CT molecular complexity index is 189. The van der Waals surface area contributed by atoms with E-state index < -0.39 is 5.67 Å². The van der Waals surface area contributed by atoms with Gasteiger partial charge in [0.2, 0.25) is 0 Å². The Hall–Kier alpha value is -0.190. The van der Waals surface area contributed by atoms with E-state index in [1.165, 1.54) is 0 Å². The molecule has 2 N–H and O–H groups in total. The number of nitrogens with one attached hydrogen (secondary N) is 2. The van der Waals surface area contributed by atoms with Gasteiger partial charge in [0.15, 0.2) is 0 Å². The Morgan fingerprint density at radius 1 is 1.47 bits per heavy atom. The van der Waals surface area contributed by atoms with E-state index in [-0.39, 0.29) is 0 Å². The molecule has 0 aliphatic carbocycles. The fourth-order valence-electron chi connectivity index (χ4n) is 2.31. The Kier molecular flexibility index (Phi) is 3.94. The Labute approximate surface area is 90.8 Å². The van der Waals surface area contributed by atoms with Crippen LogP contribution in [0.5, 0.6) is 0 Å². The molecule has 0 bridgehead atoms. The molecule has 0 radical (unpaired) electrons. The maximum atomic E-state index is 14.2. The van der Waals surface area contributed by atoms with Gasteiger partial charge < -0.3 is 15.4 Å². The highest BCUT2D eigenvalue weighted by Gasteiger charge is 2.32. The first-order valence-corrected chi connectivity index (χ1v) is 5.99. The van der Waals surface area contributed by atoms with E-state index in [1.807, 2.05) is 0 Å². The first-order chi connectivity index (χ1) is 7.29. The number of alkyl halides is 1. The van der Waals surface area contributed by atoms with E-state index in [9.17, 15) is 4.39 Å². The SMILES string of the molecule is FC1(CNC2CCCOC2)CCCNC1. The molecule has 2 fully saturated rings. The fourth-order valence-corrected chi connectivity index (χ4v) is 2.31. The maximum Gasteiger partial charge on any atom is 0.135 e. The summed E-state index contributed by atoms with van der Waals surface area (Å²) in [6, 6.07) is 0.355. The van der Waals surface area contributed by atoms with Gasteiger partial charge in [-0.05, 0) is 32.2 Å². The van der Waals surface area contributed by atoms with Gasteiger partial charge in [-0.1, -0.05) is 0 Å². The lowest BCUT2D eigenvalue weighted by atomic mass is 9.95. The molecule has 2 saturated heterocycles. The third kappa shape index (κ3) is 3.40. The van der Waals surface area contributed by atoms with Gasteiger partial charge >= 0.3 is 0 Å². The van der Waals surface area contributed by atoms with Crippen LogP contribution in [0.3, 0.4) is 0 Å². The molecule has 3 nitrogen and oxygen atoms in total. The highest BCUT2D eigenvalue weighted by Crippen LogP contribution is 2.20. The van der Waals surface area contributed by atoms with E-state index >= 15 is 0 Å². The molecule has 0 aromatic heterocycles. The number of hydrogen-bond donors (Lipinski definition) is 2. The van der Waals surface area contributed by atoms with Crippen LogP contribution in [-0.2, 0) is 4.74 Å². The second-order valence-corrected chi connectivity index (χ2v) is 4.73. The first kappa shape index (κ1) is 11.3. The predicted octanol–water partition coefficient (Wildman–Crippen LogP) is 0.847. The van der Waals surface area contributed by atoms with Crippen LogP contribution in [0.15, 0.2) is 0 Å². The van der Waals surface area contributed by atoms with Crippen molar-refractivity contribution in [3.05, 3.63) is 0 Å². The van der Waals surface area contributed by atoms with E-state index in [1.54, 1.807) is 0 Å². The largest absolute Gasteiger partial charge is 0.380 e. The quantitative estimate of drug-likeness (QED) is 0.733. The van der Waals surface area contributed by atoms with Crippen molar-refractivity contribution in [1.82, 2.24) is 10.6 Å². The number of halogens is 1. The van der Waals surface area contributed by atoms with E-state index in [0.29, 0.717) is 25.6 Å². The summed E-state index contributed by atoms with van der Waals surface area (Å²) in [6.45, 7) is 3.52. The summed E-state index contributed by atoms with van der Waals surface area (Å²) < 4.78 is 19.5. The number of ether oxygens (including phenoxy) is 1. The van der Waals surface area contributed by atoms with Crippen LogP contribution in [-0.4, -0.2) is 44.6 Å². The van der Waals surface area contributed by atoms with Crippen molar-refractivity contribution in [2.24, 2.45) is 0 Å². The average molecular weight is 216 g/mol. The summed E-state index contributed by atoms with van der Waals surface area (Å²) >= 11 is 0. The lowest BCUT2D eigenvalue weighted by Gasteiger charge is -2.33. The van der Waals surface area contributed by atoms with Crippen molar-refractivity contribution in [2.45, 2.75) is 37.4 Å². The van der Waals surface area contributed by atoms with Gasteiger partial charge in [0.1, 0.15) is 5.67 Å². The molecule has 2 atom stereocenters. The van der Waals surface area contributed by atoms with Crippen LogP contribution in [0.2, 0.25) is 0 Å². The van der Waals surface area contributed by atoms with Gasteiger partial charge in [-0.2, -0.15) is 0 Å².